The molecule has 0 atom stereocenters. The van der Waals surface area contributed by atoms with E-state index in [1.165, 1.54) is 12.1 Å². The van der Waals surface area contributed by atoms with E-state index in [-0.39, 0.29) is 5.82 Å². The van der Waals surface area contributed by atoms with Gasteiger partial charge in [-0.05, 0) is 24.6 Å². The second-order valence-electron chi connectivity index (χ2n) is 3.42. The lowest BCUT2D eigenvalue weighted by molar-refractivity contribution is 0.390. The van der Waals surface area contributed by atoms with Gasteiger partial charge >= 0.3 is 0 Å². The second-order valence-corrected chi connectivity index (χ2v) is 3.42. The van der Waals surface area contributed by atoms with Crippen molar-refractivity contribution in [3.8, 4) is 17.0 Å². The molecule has 0 spiro atoms. The Morgan fingerprint density at radius 1 is 1.44 bits per heavy atom. The van der Waals surface area contributed by atoms with Gasteiger partial charge in [-0.1, -0.05) is 12.1 Å². The maximum Gasteiger partial charge on any atom is 0.240 e. The van der Waals surface area contributed by atoms with E-state index >= 15 is 0 Å². The highest BCUT2D eigenvalue weighted by Gasteiger charge is 2.11. The van der Waals surface area contributed by atoms with Crippen LogP contribution in [-0.4, -0.2) is 16.9 Å². The standard InChI is InChI=1S/C12H13FN2O/c1-3-15-8-11(12(14-15)16-2)9-5-4-6-10(13)7-9/h4-8H,3H2,1-2H3. The van der Waals surface area contributed by atoms with E-state index in [1.54, 1.807) is 17.9 Å². The molecule has 0 aliphatic heterocycles. The van der Waals surface area contributed by atoms with Crippen molar-refractivity contribution < 1.29 is 9.13 Å². The number of aryl methyl sites for hydroxylation is 1. The van der Waals surface area contributed by atoms with Gasteiger partial charge in [-0.15, -0.1) is 5.10 Å². The fraction of sp³-hybridized carbons (Fsp3) is 0.250. The minimum atomic E-state index is -0.260. The molecule has 0 aliphatic carbocycles. The van der Waals surface area contributed by atoms with Crippen LogP contribution in [0.2, 0.25) is 0 Å². The molecule has 1 aromatic carbocycles. The predicted molar refractivity (Wildman–Crippen MR) is 59.8 cm³/mol. The molecule has 84 valence electrons. The molecule has 2 rings (SSSR count). The summed E-state index contributed by atoms with van der Waals surface area (Å²) >= 11 is 0. The van der Waals surface area contributed by atoms with Gasteiger partial charge in [0.15, 0.2) is 0 Å². The Balaban J connectivity index is 2.50. The van der Waals surface area contributed by atoms with Crippen LogP contribution in [0.5, 0.6) is 5.88 Å². The molecular formula is C12H13FN2O. The maximum atomic E-state index is 13.1. The van der Waals surface area contributed by atoms with Gasteiger partial charge in [0.25, 0.3) is 0 Å². The third-order valence-corrected chi connectivity index (χ3v) is 2.38. The molecule has 0 aliphatic rings. The average molecular weight is 220 g/mol. The zero-order chi connectivity index (χ0) is 11.5. The Hall–Kier alpha value is -1.84. The van der Waals surface area contributed by atoms with Crippen LogP contribution < -0.4 is 4.74 Å². The van der Waals surface area contributed by atoms with Crippen LogP contribution in [0, 0.1) is 5.82 Å². The van der Waals surface area contributed by atoms with Gasteiger partial charge in [0.05, 0.1) is 12.7 Å². The summed E-state index contributed by atoms with van der Waals surface area (Å²) in [5.41, 5.74) is 1.58. The zero-order valence-corrected chi connectivity index (χ0v) is 9.27. The van der Waals surface area contributed by atoms with Crippen LogP contribution in [0.3, 0.4) is 0 Å². The topological polar surface area (TPSA) is 27.1 Å². The molecule has 2 aromatic rings. The third-order valence-electron chi connectivity index (χ3n) is 2.38. The monoisotopic (exact) mass is 220 g/mol. The molecular weight excluding hydrogens is 207 g/mol. The molecule has 0 N–H and O–H groups in total. The molecule has 0 amide bonds. The SMILES string of the molecule is CCn1cc(-c2cccc(F)c2)c(OC)n1. The summed E-state index contributed by atoms with van der Waals surface area (Å²) < 4.78 is 20.0. The molecule has 3 nitrogen and oxygen atoms in total. The van der Waals surface area contributed by atoms with E-state index in [4.69, 9.17) is 4.74 Å². The minimum Gasteiger partial charge on any atom is -0.479 e. The van der Waals surface area contributed by atoms with E-state index in [2.05, 4.69) is 5.10 Å². The van der Waals surface area contributed by atoms with Gasteiger partial charge in [0.2, 0.25) is 5.88 Å². The Bertz CT molecular complexity index is 494. The van der Waals surface area contributed by atoms with Gasteiger partial charge in [-0.3, -0.25) is 4.68 Å². The number of benzene rings is 1. The summed E-state index contributed by atoms with van der Waals surface area (Å²) in [6.45, 7) is 2.74. The molecule has 0 radical (unpaired) electrons. The van der Waals surface area contributed by atoms with Crippen LogP contribution in [0.15, 0.2) is 30.5 Å². The third kappa shape index (κ3) is 1.91. The highest BCUT2D eigenvalue weighted by molar-refractivity contribution is 5.67. The Kier molecular flexibility index (Phi) is 2.90. The average Bonchev–Trinajstić information content (AvgIpc) is 2.72. The zero-order valence-electron chi connectivity index (χ0n) is 9.27. The molecule has 16 heavy (non-hydrogen) atoms. The number of nitrogens with zero attached hydrogens (tertiary/aromatic N) is 2. The van der Waals surface area contributed by atoms with E-state index in [0.29, 0.717) is 5.88 Å². The highest BCUT2D eigenvalue weighted by Crippen LogP contribution is 2.28. The van der Waals surface area contributed by atoms with E-state index in [0.717, 1.165) is 17.7 Å². The number of methoxy groups -OCH3 is 1. The summed E-state index contributed by atoms with van der Waals surface area (Å²) in [7, 11) is 1.56. The fourth-order valence-corrected chi connectivity index (χ4v) is 1.57. The molecule has 1 aromatic heterocycles. The van der Waals surface area contributed by atoms with Crippen molar-refractivity contribution in [2.45, 2.75) is 13.5 Å². The normalized spacial score (nSPS) is 10.4. The summed E-state index contributed by atoms with van der Waals surface area (Å²) in [6, 6.07) is 6.40. The van der Waals surface area contributed by atoms with Crippen molar-refractivity contribution in [1.29, 1.82) is 0 Å². The Labute approximate surface area is 93.5 Å². The highest BCUT2D eigenvalue weighted by atomic mass is 19.1. The van der Waals surface area contributed by atoms with Crippen molar-refractivity contribution in [3.05, 3.63) is 36.3 Å². The largest absolute Gasteiger partial charge is 0.479 e. The Morgan fingerprint density at radius 3 is 2.88 bits per heavy atom. The molecule has 0 saturated carbocycles. The molecule has 1 heterocycles. The lowest BCUT2D eigenvalue weighted by Crippen LogP contribution is -1.94. The van der Waals surface area contributed by atoms with Crippen LogP contribution in [0.4, 0.5) is 4.39 Å². The van der Waals surface area contributed by atoms with Gasteiger partial charge in [-0.2, -0.15) is 0 Å². The molecule has 0 unspecified atom stereocenters. The van der Waals surface area contributed by atoms with Gasteiger partial charge in [0, 0.05) is 12.7 Å². The number of aromatic nitrogens is 2. The number of halogens is 1. The van der Waals surface area contributed by atoms with Crippen molar-refractivity contribution in [3.63, 3.8) is 0 Å². The summed E-state index contributed by atoms with van der Waals surface area (Å²) in [5.74, 6) is 0.260. The molecule has 0 fully saturated rings. The molecule has 4 heteroatoms. The lowest BCUT2D eigenvalue weighted by Gasteiger charge is -2.00. The number of rotatable bonds is 3. The van der Waals surface area contributed by atoms with E-state index in [1.807, 2.05) is 19.2 Å². The van der Waals surface area contributed by atoms with Crippen molar-refractivity contribution in [2.24, 2.45) is 0 Å². The molecule has 0 bridgehead atoms. The first-order valence-electron chi connectivity index (χ1n) is 5.12. The van der Waals surface area contributed by atoms with E-state index < -0.39 is 0 Å². The van der Waals surface area contributed by atoms with Crippen LogP contribution >= 0.6 is 0 Å². The summed E-state index contributed by atoms with van der Waals surface area (Å²) in [5, 5.41) is 4.23. The fourth-order valence-electron chi connectivity index (χ4n) is 1.57. The quantitative estimate of drug-likeness (QED) is 0.795. The van der Waals surface area contributed by atoms with Crippen LogP contribution in [-0.2, 0) is 6.54 Å². The minimum absolute atomic E-state index is 0.260. The number of hydrogen-bond acceptors (Lipinski definition) is 2. The maximum absolute atomic E-state index is 13.1. The Morgan fingerprint density at radius 2 is 2.25 bits per heavy atom. The van der Waals surface area contributed by atoms with Gasteiger partial charge in [0.1, 0.15) is 5.82 Å². The van der Waals surface area contributed by atoms with Gasteiger partial charge in [-0.25, -0.2) is 4.39 Å². The second kappa shape index (κ2) is 4.35. The molecule has 0 saturated heterocycles. The van der Waals surface area contributed by atoms with Crippen molar-refractivity contribution in [2.75, 3.05) is 7.11 Å². The summed E-state index contributed by atoms with van der Waals surface area (Å²) in [6.07, 6.45) is 1.85. The first kappa shape index (κ1) is 10.7. The number of hydrogen-bond donors (Lipinski definition) is 0. The first-order valence-corrected chi connectivity index (χ1v) is 5.12. The summed E-state index contributed by atoms with van der Waals surface area (Å²) in [4.78, 5) is 0. The van der Waals surface area contributed by atoms with Crippen LogP contribution in [0.25, 0.3) is 11.1 Å². The van der Waals surface area contributed by atoms with Gasteiger partial charge < -0.3 is 4.74 Å². The lowest BCUT2D eigenvalue weighted by atomic mass is 10.1. The number of ether oxygens (including phenoxy) is 1. The first-order chi connectivity index (χ1) is 7.74. The van der Waals surface area contributed by atoms with E-state index in [9.17, 15) is 4.39 Å². The van der Waals surface area contributed by atoms with Crippen molar-refractivity contribution in [1.82, 2.24) is 9.78 Å². The van der Waals surface area contributed by atoms with Crippen molar-refractivity contribution >= 4 is 0 Å². The predicted octanol–water partition coefficient (Wildman–Crippen LogP) is 2.72. The smallest absolute Gasteiger partial charge is 0.240 e. The van der Waals surface area contributed by atoms with Crippen LogP contribution in [0.1, 0.15) is 6.92 Å².